The van der Waals surface area contributed by atoms with E-state index in [0.717, 1.165) is 16.7 Å². The van der Waals surface area contributed by atoms with E-state index in [2.05, 4.69) is 4.74 Å². The predicted octanol–water partition coefficient (Wildman–Crippen LogP) is 1.22. The average Bonchev–Trinajstić information content (AvgIpc) is 2.78. The Balaban J connectivity index is 2.15. The van der Waals surface area contributed by atoms with Crippen molar-refractivity contribution in [1.29, 1.82) is 0 Å². The highest BCUT2D eigenvalue weighted by Gasteiger charge is 2.31. The lowest BCUT2D eigenvalue weighted by molar-refractivity contribution is -0.121. The zero-order chi connectivity index (χ0) is 17.9. The molecule has 24 heavy (non-hydrogen) atoms. The number of amides is 1. The highest BCUT2D eigenvalue weighted by molar-refractivity contribution is 8.26. The van der Waals surface area contributed by atoms with Crippen LogP contribution in [0, 0.1) is 0 Å². The molecule has 0 atom stereocenters. The van der Waals surface area contributed by atoms with Gasteiger partial charge in [0.15, 0.2) is 0 Å². The number of carbonyl (C=O) groups is 2. The van der Waals surface area contributed by atoms with Crippen molar-refractivity contribution in [3.8, 4) is 0 Å². The summed E-state index contributed by atoms with van der Waals surface area (Å²) in [7, 11) is -3.14. The molecule has 0 bridgehead atoms. The standard InChI is InChI=1S/C14H13NO6S3/c1-21-13(17)10-4-2-9(3-5-10)8-11-12(16)15(14(22)23-11)6-7-24(18,19)20/h2-5,8H,6-7H2,1H3,(H,18,19,20)/p-1/b11-8-. The molecular weight excluding hydrogens is 374 g/mol. The molecule has 0 spiro atoms. The second kappa shape index (κ2) is 7.43. The predicted molar refractivity (Wildman–Crippen MR) is 92.2 cm³/mol. The number of thioether (sulfide) groups is 1. The van der Waals surface area contributed by atoms with Gasteiger partial charge in [-0.05, 0) is 23.8 Å². The monoisotopic (exact) mass is 386 g/mol. The van der Waals surface area contributed by atoms with Crippen molar-refractivity contribution in [2.45, 2.75) is 0 Å². The van der Waals surface area contributed by atoms with Gasteiger partial charge in [-0.15, -0.1) is 0 Å². The summed E-state index contributed by atoms with van der Waals surface area (Å²) in [6.07, 6.45) is 1.58. The van der Waals surface area contributed by atoms with Crippen LogP contribution in [-0.4, -0.2) is 53.5 Å². The van der Waals surface area contributed by atoms with Gasteiger partial charge >= 0.3 is 5.97 Å². The van der Waals surface area contributed by atoms with E-state index in [4.69, 9.17) is 12.2 Å². The first-order chi connectivity index (χ1) is 11.2. The van der Waals surface area contributed by atoms with Crippen molar-refractivity contribution in [1.82, 2.24) is 4.90 Å². The maximum atomic E-state index is 12.2. The van der Waals surface area contributed by atoms with Crippen LogP contribution in [0.2, 0.25) is 0 Å². The molecule has 0 unspecified atom stereocenters. The summed E-state index contributed by atoms with van der Waals surface area (Å²) in [4.78, 5) is 25.0. The fourth-order valence-corrected chi connectivity index (χ4v) is 3.60. The maximum absolute atomic E-state index is 12.2. The quantitative estimate of drug-likeness (QED) is 0.322. The van der Waals surface area contributed by atoms with Crippen molar-refractivity contribution in [3.63, 3.8) is 0 Å². The van der Waals surface area contributed by atoms with Gasteiger partial charge in [0.1, 0.15) is 4.32 Å². The minimum atomic E-state index is -4.43. The van der Waals surface area contributed by atoms with Crippen LogP contribution < -0.4 is 0 Å². The smallest absolute Gasteiger partial charge is 0.337 e. The van der Waals surface area contributed by atoms with Gasteiger partial charge in [0, 0.05) is 6.54 Å². The number of benzene rings is 1. The fraction of sp³-hybridized carbons (Fsp3) is 0.214. The zero-order valence-corrected chi connectivity index (χ0v) is 14.9. The topological polar surface area (TPSA) is 104 Å². The lowest BCUT2D eigenvalue weighted by Gasteiger charge is -2.15. The first-order valence-electron chi connectivity index (χ1n) is 6.58. The molecule has 128 valence electrons. The van der Waals surface area contributed by atoms with Gasteiger partial charge in [0.2, 0.25) is 0 Å². The van der Waals surface area contributed by atoms with Crippen molar-refractivity contribution >= 4 is 56.4 Å². The maximum Gasteiger partial charge on any atom is 0.337 e. The highest BCUT2D eigenvalue weighted by atomic mass is 32.2. The van der Waals surface area contributed by atoms with Crippen molar-refractivity contribution < 1.29 is 27.3 Å². The van der Waals surface area contributed by atoms with Crippen LogP contribution in [0.4, 0.5) is 0 Å². The molecule has 2 rings (SSSR count). The Morgan fingerprint density at radius 2 is 2.00 bits per heavy atom. The third-order valence-corrected chi connectivity index (χ3v) is 5.13. The van der Waals surface area contributed by atoms with Crippen LogP contribution in [0.5, 0.6) is 0 Å². The van der Waals surface area contributed by atoms with Gasteiger partial charge in [-0.2, -0.15) is 0 Å². The second-order valence-corrected chi connectivity index (χ2v) is 7.91. The Morgan fingerprint density at radius 1 is 1.38 bits per heavy atom. The largest absolute Gasteiger partial charge is 0.748 e. The van der Waals surface area contributed by atoms with E-state index in [-0.39, 0.29) is 10.9 Å². The molecule has 7 nitrogen and oxygen atoms in total. The van der Waals surface area contributed by atoms with Gasteiger partial charge in [-0.25, -0.2) is 13.2 Å². The third-order valence-electron chi connectivity index (χ3n) is 3.07. The number of hydrogen-bond donors (Lipinski definition) is 0. The van der Waals surface area contributed by atoms with E-state index >= 15 is 0 Å². The molecule has 1 aliphatic heterocycles. The minimum Gasteiger partial charge on any atom is -0.748 e. The van der Waals surface area contributed by atoms with Crippen LogP contribution in [0.15, 0.2) is 29.2 Å². The lowest BCUT2D eigenvalue weighted by Crippen LogP contribution is -2.32. The van der Waals surface area contributed by atoms with Crippen LogP contribution in [-0.2, 0) is 19.6 Å². The van der Waals surface area contributed by atoms with Crippen LogP contribution >= 0.6 is 24.0 Å². The number of carbonyl (C=O) groups excluding carboxylic acids is 2. The number of esters is 1. The molecule has 1 amide bonds. The number of hydrogen-bond acceptors (Lipinski definition) is 8. The van der Waals surface area contributed by atoms with Crippen molar-refractivity contribution in [2.75, 3.05) is 19.4 Å². The summed E-state index contributed by atoms with van der Waals surface area (Å²) < 4.78 is 36.9. The lowest BCUT2D eigenvalue weighted by atomic mass is 10.1. The van der Waals surface area contributed by atoms with Crippen molar-refractivity contribution in [3.05, 3.63) is 40.3 Å². The molecule has 0 saturated carbocycles. The summed E-state index contributed by atoms with van der Waals surface area (Å²) in [5.41, 5.74) is 1.04. The number of ether oxygens (including phenoxy) is 1. The second-order valence-electron chi connectivity index (χ2n) is 4.71. The van der Waals surface area contributed by atoms with E-state index in [9.17, 15) is 22.6 Å². The molecule has 10 heteroatoms. The van der Waals surface area contributed by atoms with Gasteiger partial charge in [-0.3, -0.25) is 9.69 Å². The first kappa shape index (κ1) is 18.6. The molecule has 1 aromatic rings. The summed E-state index contributed by atoms with van der Waals surface area (Å²) in [5.74, 6) is -1.61. The summed E-state index contributed by atoms with van der Waals surface area (Å²) in [5, 5.41) is 0. The fourth-order valence-electron chi connectivity index (χ4n) is 1.88. The van der Waals surface area contributed by atoms with E-state index in [0.29, 0.717) is 16.0 Å². The molecule has 1 aliphatic rings. The molecule has 1 fully saturated rings. The van der Waals surface area contributed by atoms with Gasteiger partial charge in [0.25, 0.3) is 5.91 Å². The first-order valence-corrected chi connectivity index (χ1v) is 9.39. The van der Waals surface area contributed by atoms with Crippen LogP contribution in [0.1, 0.15) is 15.9 Å². The molecule has 1 aromatic carbocycles. The Morgan fingerprint density at radius 3 is 2.54 bits per heavy atom. The number of rotatable bonds is 5. The molecule has 0 radical (unpaired) electrons. The number of nitrogens with zero attached hydrogens (tertiary/aromatic N) is 1. The SMILES string of the molecule is COC(=O)c1ccc(/C=C2\SC(=S)N(CCS(=O)(=O)[O-])C2=O)cc1. The van der Waals surface area contributed by atoms with Gasteiger partial charge in [0.05, 0.1) is 33.4 Å². The summed E-state index contributed by atoms with van der Waals surface area (Å²) in [6, 6.07) is 6.40. The summed E-state index contributed by atoms with van der Waals surface area (Å²) in [6.45, 7) is -0.269. The molecule has 0 aliphatic carbocycles. The number of methoxy groups -OCH3 is 1. The molecule has 1 heterocycles. The Kier molecular flexibility index (Phi) is 5.75. The molecule has 0 aromatic heterocycles. The van der Waals surface area contributed by atoms with Gasteiger partial charge in [-0.1, -0.05) is 36.1 Å². The van der Waals surface area contributed by atoms with E-state index in [1.165, 1.54) is 7.11 Å². The van der Waals surface area contributed by atoms with Crippen LogP contribution in [0.25, 0.3) is 6.08 Å². The Labute approximate surface area is 148 Å². The third kappa shape index (κ3) is 4.63. The van der Waals surface area contributed by atoms with E-state index in [1.807, 2.05) is 0 Å². The number of thiocarbonyl (C=S) groups is 1. The highest BCUT2D eigenvalue weighted by Crippen LogP contribution is 2.32. The normalized spacial score (nSPS) is 16.8. The minimum absolute atomic E-state index is 0.195. The Hall–Kier alpha value is -1.75. The molecular formula is C14H12NO6S3-. The van der Waals surface area contributed by atoms with E-state index in [1.54, 1.807) is 30.3 Å². The van der Waals surface area contributed by atoms with E-state index < -0.39 is 27.7 Å². The average molecular weight is 386 g/mol. The van der Waals surface area contributed by atoms with Crippen molar-refractivity contribution in [2.24, 2.45) is 0 Å². The van der Waals surface area contributed by atoms with Gasteiger partial charge < -0.3 is 9.29 Å². The summed E-state index contributed by atoms with van der Waals surface area (Å²) >= 11 is 6.06. The van der Waals surface area contributed by atoms with Crippen LogP contribution in [0.3, 0.4) is 0 Å². The molecule has 1 saturated heterocycles. The molecule has 0 N–H and O–H groups in total. The zero-order valence-electron chi connectivity index (χ0n) is 12.4. The Bertz CT molecular complexity index is 813.